The average Bonchev–Trinajstić information content (AvgIpc) is 3.11. The molecule has 0 nitrogen and oxygen atoms in total. The molecule has 2 aliphatic carbocycles. The third-order valence-electron chi connectivity index (χ3n) is 4.58. The first kappa shape index (κ1) is 11.9. The Bertz CT molecular complexity index is 650. The van der Waals surface area contributed by atoms with Gasteiger partial charge in [-0.1, -0.05) is 79.4 Å². The molecule has 0 spiro atoms. The molecule has 2 aromatic carbocycles. The van der Waals surface area contributed by atoms with Crippen LogP contribution in [0.2, 0.25) is 6.55 Å². The second-order valence-corrected chi connectivity index (χ2v) is 8.41. The lowest BCUT2D eigenvalue weighted by Gasteiger charge is -2.24. The van der Waals surface area contributed by atoms with Crippen molar-refractivity contribution >= 4 is 20.9 Å². The average molecular weight is 273 g/mol. The largest absolute Gasteiger partial charge is 0.0793 e. The molecule has 1 radical (unpaired) electrons. The van der Waals surface area contributed by atoms with E-state index in [9.17, 15) is 0 Å². The lowest BCUT2D eigenvalue weighted by molar-refractivity contribution is 1.09. The monoisotopic (exact) mass is 273 g/mol. The summed E-state index contributed by atoms with van der Waals surface area (Å²) in [5, 5.41) is 0. The van der Waals surface area contributed by atoms with Crippen LogP contribution in [0.1, 0.15) is 33.3 Å². The lowest BCUT2D eigenvalue weighted by atomic mass is 10.1. The van der Waals surface area contributed by atoms with Crippen LogP contribution < -0.4 is 0 Å². The van der Waals surface area contributed by atoms with Gasteiger partial charge in [0.1, 0.15) is 0 Å². The van der Waals surface area contributed by atoms with E-state index in [1.165, 1.54) is 22.3 Å². The predicted molar refractivity (Wildman–Crippen MR) is 88.1 cm³/mol. The molecule has 0 aromatic heterocycles. The van der Waals surface area contributed by atoms with Gasteiger partial charge in [0.2, 0.25) is 0 Å². The zero-order valence-corrected chi connectivity index (χ0v) is 12.6. The van der Waals surface area contributed by atoms with Gasteiger partial charge >= 0.3 is 0 Å². The van der Waals surface area contributed by atoms with Crippen molar-refractivity contribution in [3.05, 3.63) is 82.9 Å². The summed E-state index contributed by atoms with van der Waals surface area (Å²) in [7, 11) is -0.542. The van der Waals surface area contributed by atoms with E-state index in [1.54, 1.807) is 0 Å². The van der Waals surface area contributed by atoms with Crippen LogP contribution in [0.3, 0.4) is 0 Å². The molecule has 2 atom stereocenters. The minimum atomic E-state index is -0.542. The third kappa shape index (κ3) is 1.74. The Hall–Kier alpha value is -1.86. The molecule has 1 heteroatoms. The summed E-state index contributed by atoms with van der Waals surface area (Å²) in [6, 6.07) is 17.7. The molecule has 0 amide bonds. The van der Waals surface area contributed by atoms with Gasteiger partial charge in [0.15, 0.2) is 0 Å². The van der Waals surface area contributed by atoms with E-state index in [2.05, 4.69) is 79.4 Å². The van der Waals surface area contributed by atoms with Gasteiger partial charge in [-0.2, -0.15) is 0 Å². The van der Waals surface area contributed by atoms with Gasteiger partial charge in [0, 0.05) is 0 Å². The second-order valence-electron chi connectivity index (χ2n) is 5.68. The Balaban J connectivity index is 1.69. The van der Waals surface area contributed by atoms with E-state index in [4.69, 9.17) is 0 Å². The van der Waals surface area contributed by atoms with Crippen LogP contribution in [0, 0.1) is 0 Å². The van der Waals surface area contributed by atoms with E-state index < -0.39 is 8.80 Å². The van der Waals surface area contributed by atoms with Crippen molar-refractivity contribution in [2.24, 2.45) is 0 Å². The van der Waals surface area contributed by atoms with Crippen molar-refractivity contribution < 1.29 is 0 Å². The fourth-order valence-electron chi connectivity index (χ4n) is 3.49. The van der Waals surface area contributed by atoms with Crippen LogP contribution in [0.25, 0.3) is 12.2 Å². The highest BCUT2D eigenvalue weighted by Crippen LogP contribution is 2.40. The van der Waals surface area contributed by atoms with Gasteiger partial charge in [-0.15, -0.1) is 0 Å². The lowest BCUT2D eigenvalue weighted by Crippen LogP contribution is -2.25. The normalized spacial score (nSPS) is 22.3. The van der Waals surface area contributed by atoms with Crippen molar-refractivity contribution in [2.75, 3.05) is 0 Å². The predicted octanol–water partition coefficient (Wildman–Crippen LogP) is 4.81. The summed E-state index contributed by atoms with van der Waals surface area (Å²) in [6.45, 7) is 2.48. The Kier molecular flexibility index (Phi) is 2.74. The minimum Gasteiger partial charge on any atom is -0.0793 e. The summed E-state index contributed by atoms with van der Waals surface area (Å²) in [6.07, 6.45) is 9.46. The van der Waals surface area contributed by atoms with Gasteiger partial charge in [0.05, 0.1) is 8.80 Å². The standard InChI is InChI=1S/C19H17Si/c1-20(18-12-10-14-6-2-4-8-16(14)18)19-13-11-15-7-3-5-9-17(15)19/h2-13,18-19H,1H3. The molecular weight excluding hydrogens is 256 g/mol. The van der Waals surface area contributed by atoms with E-state index >= 15 is 0 Å². The van der Waals surface area contributed by atoms with Gasteiger partial charge in [0.25, 0.3) is 0 Å². The number of hydrogen-bond acceptors (Lipinski definition) is 0. The number of rotatable bonds is 2. The third-order valence-corrected chi connectivity index (χ3v) is 7.55. The molecule has 20 heavy (non-hydrogen) atoms. The Morgan fingerprint density at radius 2 is 1.15 bits per heavy atom. The molecule has 0 fully saturated rings. The summed E-state index contributed by atoms with van der Waals surface area (Å²) in [5.74, 6) is 0. The highest BCUT2D eigenvalue weighted by atomic mass is 28.3. The van der Waals surface area contributed by atoms with Crippen LogP contribution in [0.5, 0.6) is 0 Å². The maximum Gasteiger partial charge on any atom is 0.0710 e. The van der Waals surface area contributed by atoms with Crippen LogP contribution >= 0.6 is 0 Å². The van der Waals surface area contributed by atoms with E-state index in [0.717, 1.165) is 0 Å². The van der Waals surface area contributed by atoms with Crippen molar-refractivity contribution in [3.63, 3.8) is 0 Å². The molecule has 97 valence electrons. The zero-order chi connectivity index (χ0) is 13.5. The van der Waals surface area contributed by atoms with Crippen molar-refractivity contribution in [3.8, 4) is 0 Å². The number of allylic oxidation sites excluding steroid dienone is 2. The van der Waals surface area contributed by atoms with Gasteiger partial charge in [-0.25, -0.2) is 0 Å². The number of hydrogen-bond donors (Lipinski definition) is 0. The summed E-state index contributed by atoms with van der Waals surface area (Å²) in [4.78, 5) is 0. The maximum atomic E-state index is 2.48. The molecule has 0 bridgehead atoms. The quantitative estimate of drug-likeness (QED) is 0.689. The Morgan fingerprint density at radius 1 is 0.700 bits per heavy atom. The summed E-state index contributed by atoms with van der Waals surface area (Å²) < 4.78 is 0. The maximum absolute atomic E-state index is 2.48. The van der Waals surface area contributed by atoms with Gasteiger partial charge < -0.3 is 0 Å². The minimum absolute atomic E-state index is 0.542. The summed E-state index contributed by atoms with van der Waals surface area (Å²) >= 11 is 0. The highest BCUT2D eigenvalue weighted by Gasteiger charge is 2.32. The molecule has 0 heterocycles. The molecule has 4 rings (SSSR count). The second kappa shape index (κ2) is 4.60. The topological polar surface area (TPSA) is 0 Å². The highest BCUT2D eigenvalue weighted by molar-refractivity contribution is 6.62. The molecular formula is C19H17Si. The first-order valence-corrected chi connectivity index (χ1v) is 9.37. The van der Waals surface area contributed by atoms with Crippen molar-refractivity contribution in [1.82, 2.24) is 0 Å². The molecule has 0 N–H and O–H groups in total. The van der Waals surface area contributed by atoms with Crippen molar-refractivity contribution in [2.45, 2.75) is 17.6 Å². The zero-order valence-electron chi connectivity index (χ0n) is 11.6. The van der Waals surface area contributed by atoms with Crippen LogP contribution in [-0.4, -0.2) is 8.80 Å². The van der Waals surface area contributed by atoms with Crippen LogP contribution in [0.15, 0.2) is 60.7 Å². The first-order valence-electron chi connectivity index (χ1n) is 7.22. The SMILES string of the molecule is C[Si](C1C=Cc2ccccc21)C1C=Cc2ccccc21. The van der Waals surface area contributed by atoms with Crippen LogP contribution in [0.4, 0.5) is 0 Å². The molecule has 2 aliphatic rings. The number of fused-ring (bicyclic) bond motifs is 2. The first-order chi connectivity index (χ1) is 9.84. The molecule has 2 aromatic rings. The molecule has 0 saturated carbocycles. The fourth-order valence-corrected chi connectivity index (χ4v) is 6.18. The molecule has 0 saturated heterocycles. The Morgan fingerprint density at radius 3 is 1.65 bits per heavy atom. The van der Waals surface area contributed by atoms with Gasteiger partial charge in [-0.3, -0.25) is 0 Å². The van der Waals surface area contributed by atoms with E-state index in [0.29, 0.717) is 11.1 Å². The molecule has 2 unspecified atom stereocenters. The van der Waals surface area contributed by atoms with E-state index in [1.807, 2.05) is 0 Å². The summed E-state index contributed by atoms with van der Waals surface area (Å²) in [5.41, 5.74) is 7.16. The molecule has 0 aliphatic heterocycles. The van der Waals surface area contributed by atoms with Crippen molar-refractivity contribution in [1.29, 1.82) is 0 Å². The van der Waals surface area contributed by atoms with Gasteiger partial charge in [-0.05, 0) is 33.3 Å². The number of benzene rings is 2. The Labute approximate surface area is 122 Å². The van der Waals surface area contributed by atoms with E-state index in [-0.39, 0.29) is 0 Å². The fraction of sp³-hybridized carbons (Fsp3) is 0.158. The van der Waals surface area contributed by atoms with Crippen LogP contribution in [-0.2, 0) is 0 Å². The smallest absolute Gasteiger partial charge is 0.0710 e.